The maximum atomic E-state index is 11.9. The summed E-state index contributed by atoms with van der Waals surface area (Å²) >= 11 is 4.66. The van der Waals surface area contributed by atoms with Gasteiger partial charge in [-0.25, -0.2) is 0 Å². The van der Waals surface area contributed by atoms with E-state index in [0.717, 1.165) is 0 Å². The van der Waals surface area contributed by atoms with Crippen molar-refractivity contribution >= 4 is 33.6 Å². The van der Waals surface area contributed by atoms with Crippen LogP contribution in [0.5, 0.6) is 5.75 Å². The van der Waals surface area contributed by atoms with Crippen LogP contribution in [0, 0.1) is 0 Å². The second kappa shape index (κ2) is 7.01. The maximum Gasteiger partial charge on any atom is 0.251 e. The van der Waals surface area contributed by atoms with Crippen molar-refractivity contribution in [2.45, 2.75) is 18.2 Å². The molecule has 0 heterocycles. The number of carbonyl (C=O) groups is 1. The number of aromatic hydroxyl groups is 1. The molecule has 3 N–H and O–H groups in total. The lowest BCUT2D eigenvalue weighted by Crippen LogP contribution is -2.41. The first kappa shape index (κ1) is 15.3. The second-order valence-corrected chi connectivity index (χ2v) is 5.82. The molecule has 0 aliphatic rings. The van der Waals surface area contributed by atoms with E-state index in [2.05, 4.69) is 21.2 Å². The Morgan fingerprint density at radius 3 is 2.72 bits per heavy atom. The number of benzene rings is 1. The largest absolute Gasteiger partial charge is 0.507 e. The first-order valence-electron chi connectivity index (χ1n) is 5.42. The van der Waals surface area contributed by atoms with Crippen molar-refractivity contribution in [1.82, 2.24) is 5.32 Å². The number of hydrogen-bond acceptors (Lipinski definition) is 4. The zero-order chi connectivity index (χ0) is 13.7. The van der Waals surface area contributed by atoms with Gasteiger partial charge in [0.05, 0.1) is 11.1 Å². The number of phenols is 1. The Labute approximate surface area is 119 Å². The summed E-state index contributed by atoms with van der Waals surface area (Å²) in [5.41, 5.74) is 0.389. The lowest BCUT2D eigenvalue weighted by molar-refractivity contribution is 0.0935. The van der Waals surface area contributed by atoms with E-state index in [1.54, 1.807) is 12.1 Å². The fourth-order valence-electron chi connectivity index (χ4n) is 1.47. The number of nitrogens with one attached hydrogen (secondary N) is 1. The Morgan fingerprint density at radius 1 is 1.56 bits per heavy atom. The van der Waals surface area contributed by atoms with Gasteiger partial charge in [0.2, 0.25) is 0 Å². The van der Waals surface area contributed by atoms with Crippen molar-refractivity contribution in [2.75, 3.05) is 12.9 Å². The van der Waals surface area contributed by atoms with Crippen molar-refractivity contribution in [1.29, 1.82) is 0 Å². The summed E-state index contributed by atoms with van der Waals surface area (Å²) in [4.78, 5) is 11.9. The summed E-state index contributed by atoms with van der Waals surface area (Å²) in [5, 5.41) is 21.4. The predicted octanol–water partition coefficient (Wildman–Crippen LogP) is 2.00. The van der Waals surface area contributed by atoms with Crippen LogP contribution in [0.2, 0.25) is 0 Å². The van der Waals surface area contributed by atoms with Crippen molar-refractivity contribution in [3.63, 3.8) is 0 Å². The van der Waals surface area contributed by atoms with Gasteiger partial charge < -0.3 is 15.5 Å². The first-order chi connectivity index (χ1) is 8.49. The lowest BCUT2D eigenvalue weighted by Gasteiger charge is -2.21. The Hall–Kier alpha value is -0.720. The molecule has 1 aromatic carbocycles. The molecule has 100 valence electrons. The highest BCUT2D eigenvalue weighted by Gasteiger charge is 2.18. The van der Waals surface area contributed by atoms with E-state index >= 15 is 0 Å². The van der Waals surface area contributed by atoms with E-state index in [9.17, 15) is 9.90 Å². The van der Waals surface area contributed by atoms with Crippen molar-refractivity contribution in [2.24, 2.45) is 0 Å². The monoisotopic (exact) mass is 333 g/mol. The van der Waals surface area contributed by atoms with Gasteiger partial charge in [-0.1, -0.05) is 0 Å². The van der Waals surface area contributed by atoms with E-state index < -0.39 is 0 Å². The number of phenolic OH excluding ortho intramolecular Hbond substituents is 1. The van der Waals surface area contributed by atoms with Gasteiger partial charge in [0.1, 0.15) is 5.75 Å². The number of amides is 1. The summed E-state index contributed by atoms with van der Waals surface area (Å²) < 4.78 is 0.546. The van der Waals surface area contributed by atoms with Crippen LogP contribution < -0.4 is 5.32 Å². The van der Waals surface area contributed by atoms with Crippen LogP contribution in [0.25, 0.3) is 0 Å². The van der Waals surface area contributed by atoms with Crippen molar-refractivity contribution < 1.29 is 15.0 Å². The van der Waals surface area contributed by atoms with Gasteiger partial charge in [-0.3, -0.25) is 4.79 Å². The van der Waals surface area contributed by atoms with Crippen LogP contribution in [0.1, 0.15) is 17.3 Å². The summed E-state index contributed by atoms with van der Waals surface area (Å²) in [6.07, 6.45) is 1.88. The Morgan fingerprint density at radius 2 is 2.22 bits per heavy atom. The van der Waals surface area contributed by atoms with E-state index in [1.165, 1.54) is 17.8 Å². The molecule has 0 spiro atoms. The molecule has 18 heavy (non-hydrogen) atoms. The number of rotatable bonds is 5. The number of aliphatic hydroxyl groups is 1. The number of aliphatic hydroxyl groups excluding tert-OH is 1. The fraction of sp³-hybridized carbons (Fsp3) is 0.417. The SMILES string of the molecule is CSC(CO)C(C)NC(=O)c1ccc(Br)c(O)c1. The summed E-state index contributed by atoms with van der Waals surface area (Å²) in [6.45, 7) is 1.85. The number of halogens is 1. The maximum absolute atomic E-state index is 11.9. The van der Waals surface area contributed by atoms with Crippen LogP contribution in [0.3, 0.4) is 0 Å². The Kier molecular flexibility index (Phi) is 5.98. The van der Waals surface area contributed by atoms with Gasteiger partial charge in [-0.05, 0) is 47.3 Å². The molecular formula is C12H16BrNO3S. The van der Waals surface area contributed by atoms with Crippen LogP contribution in [0.4, 0.5) is 0 Å². The molecule has 0 aliphatic heterocycles. The lowest BCUT2D eigenvalue weighted by atomic mass is 10.1. The molecule has 0 saturated heterocycles. The smallest absolute Gasteiger partial charge is 0.251 e. The third kappa shape index (κ3) is 3.90. The molecule has 0 aromatic heterocycles. The summed E-state index contributed by atoms with van der Waals surface area (Å²) in [5.74, 6) is -0.239. The molecule has 6 heteroatoms. The highest BCUT2D eigenvalue weighted by atomic mass is 79.9. The minimum atomic E-state index is -0.266. The number of carbonyl (C=O) groups excluding carboxylic acids is 1. The Balaban J connectivity index is 2.73. The zero-order valence-electron chi connectivity index (χ0n) is 10.2. The van der Waals surface area contributed by atoms with Crippen LogP contribution in [0.15, 0.2) is 22.7 Å². The van der Waals surface area contributed by atoms with Crippen LogP contribution >= 0.6 is 27.7 Å². The van der Waals surface area contributed by atoms with Gasteiger partial charge in [-0.15, -0.1) is 0 Å². The van der Waals surface area contributed by atoms with Gasteiger partial charge >= 0.3 is 0 Å². The standard InChI is InChI=1S/C12H16BrNO3S/c1-7(11(6-15)18-2)14-12(17)8-3-4-9(13)10(16)5-8/h3-5,7,11,15-16H,6H2,1-2H3,(H,14,17). The average Bonchev–Trinajstić information content (AvgIpc) is 2.34. The molecule has 0 saturated carbocycles. The highest BCUT2D eigenvalue weighted by Crippen LogP contribution is 2.24. The van der Waals surface area contributed by atoms with Gasteiger partial charge in [-0.2, -0.15) is 11.8 Å². The van der Waals surface area contributed by atoms with Gasteiger partial charge in [0, 0.05) is 16.9 Å². The molecule has 0 aliphatic carbocycles. The summed E-state index contributed by atoms with van der Waals surface area (Å²) in [6, 6.07) is 4.49. The van der Waals surface area contributed by atoms with Gasteiger partial charge in [0.25, 0.3) is 5.91 Å². The van der Waals surface area contributed by atoms with E-state index in [-0.39, 0.29) is 29.6 Å². The summed E-state index contributed by atoms with van der Waals surface area (Å²) in [7, 11) is 0. The van der Waals surface area contributed by atoms with E-state index in [0.29, 0.717) is 10.0 Å². The molecule has 0 radical (unpaired) electrons. The molecule has 4 nitrogen and oxygen atoms in total. The highest BCUT2D eigenvalue weighted by molar-refractivity contribution is 9.10. The van der Waals surface area contributed by atoms with E-state index in [4.69, 9.17) is 5.11 Å². The zero-order valence-corrected chi connectivity index (χ0v) is 12.6. The molecule has 1 amide bonds. The third-order valence-electron chi connectivity index (χ3n) is 2.61. The average molecular weight is 334 g/mol. The van der Waals surface area contributed by atoms with Gasteiger partial charge in [0.15, 0.2) is 0 Å². The molecule has 0 bridgehead atoms. The van der Waals surface area contributed by atoms with Crippen LogP contribution in [-0.2, 0) is 0 Å². The normalized spacial score (nSPS) is 14.0. The molecular weight excluding hydrogens is 318 g/mol. The second-order valence-electron chi connectivity index (χ2n) is 3.89. The minimum absolute atomic E-state index is 0.00814. The Bertz CT molecular complexity index is 424. The first-order valence-corrected chi connectivity index (χ1v) is 7.50. The molecule has 2 unspecified atom stereocenters. The predicted molar refractivity (Wildman–Crippen MR) is 77.1 cm³/mol. The fourth-order valence-corrected chi connectivity index (χ4v) is 2.35. The van der Waals surface area contributed by atoms with Crippen LogP contribution in [-0.4, -0.2) is 40.3 Å². The quantitative estimate of drug-likeness (QED) is 0.770. The molecule has 0 fully saturated rings. The van der Waals surface area contributed by atoms with Crippen molar-refractivity contribution in [3.8, 4) is 5.75 Å². The van der Waals surface area contributed by atoms with Crippen molar-refractivity contribution in [3.05, 3.63) is 28.2 Å². The molecule has 1 aromatic rings. The molecule has 1 rings (SSSR count). The number of hydrogen-bond donors (Lipinski definition) is 3. The minimum Gasteiger partial charge on any atom is -0.507 e. The van der Waals surface area contributed by atoms with E-state index in [1.807, 2.05) is 13.2 Å². The number of thioether (sulfide) groups is 1. The molecule has 2 atom stereocenters. The topological polar surface area (TPSA) is 69.6 Å². The third-order valence-corrected chi connectivity index (χ3v) is 4.44.